The van der Waals surface area contributed by atoms with Crippen LogP contribution >= 0.6 is 12.0 Å². The molecule has 0 radical (unpaired) electrons. The average molecular weight is 164 g/mol. The van der Waals surface area contributed by atoms with Crippen molar-refractivity contribution < 1.29 is 9.29 Å². The van der Waals surface area contributed by atoms with Crippen molar-refractivity contribution in [3.8, 4) is 0 Å². The average Bonchev–Trinajstić information content (AvgIpc) is 1.98. The normalized spacial score (nSPS) is 16.8. The third kappa shape index (κ3) is 4.14. The Balaban J connectivity index is 3.31. The number of hydrogen-bond donors (Lipinski definition) is 1. The van der Waals surface area contributed by atoms with Gasteiger partial charge in [0.15, 0.2) is 0 Å². The van der Waals surface area contributed by atoms with Gasteiger partial charge >= 0.3 is 0 Å². The molecular formula is C7H16O2S. The van der Waals surface area contributed by atoms with Crippen molar-refractivity contribution in [2.45, 2.75) is 26.4 Å². The molecule has 0 aliphatic rings. The molecule has 62 valence electrons. The summed E-state index contributed by atoms with van der Waals surface area (Å²) in [7, 11) is 0. The standard InChI is InChI=1S/C7H16O2S/c1-4-7(8)6(2)5-9-10-3/h6-8H,4-5H2,1-3H3. The second-order valence-corrected chi connectivity index (χ2v) is 2.97. The highest BCUT2D eigenvalue weighted by molar-refractivity contribution is 7.93. The van der Waals surface area contributed by atoms with E-state index in [-0.39, 0.29) is 12.0 Å². The maximum Gasteiger partial charge on any atom is 0.0663 e. The molecule has 0 saturated carbocycles. The number of aliphatic hydroxyl groups excluding tert-OH is 1. The second kappa shape index (κ2) is 6.01. The van der Waals surface area contributed by atoms with Gasteiger partial charge in [-0.3, -0.25) is 0 Å². The van der Waals surface area contributed by atoms with E-state index in [9.17, 15) is 5.11 Å². The van der Waals surface area contributed by atoms with Gasteiger partial charge in [0.05, 0.1) is 12.7 Å². The van der Waals surface area contributed by atoms with Crippen LogP contribution in [0.25, 0.3) is 0 Å². The Labute approximate surface area is 67.2 Å². The molecule has 2 atom stereocenters. The zero-order valence-electron chi connectivity index (χ0n) is 6.83. The molecule has 2 nitrogen and oxygen atoms in total. The molecular weight excluding hydrogens is 148 g/mol. The molecule has 0 aromatic carbocycles. The summed E-state index contributed by atoms with van der Waals surface area (Å²) < 4.78 is 5.07. The Morgan fingerprint density at radius 2 is 2.20 bits per heavy atom. The van der Waals surface area contributed by atoms with E-state index in [1.165, 1.54) is 12.0 Å². The van der Waals surface area contributed by atoms with Crippen LogP contribution < -0.4 is 0 Å². The molecule has 0 spiro atoms. The molecule has 0 aromatic rings. The number of aliphatic hydroxyl groups is 1. The minimum Gasteiger partial charge on any atom is -0.393 e. The van der Waals surface area contributed by atoms with Gasteiger partial charge < -0.3 is 9.29 Å². The fourth-order valence-electron chi connectivity index (χ4n) is 0.689. The topological polar surface area (TPSA) is 29.5 Å². The van der Waals surface area contributed by atoms with Crippen molar-refractivity contribution in [3.05, 3.63) is 0 Å². The lowest BCUT2D eigenvalue weighted by Gasteiger charge is -2.15. The predicted octanol–water partition coefficient (Wildman–Crippen LogP) is 1.69. The van der Waals surface area contributed by atoms with Crippen LogP contribution in [0.3, 0.4) is 0 Å². The Bertz CT molecular complexity index is 78.0. The summed E-state index contributed by atoms with van der Waals surface area (Å²) in [6, 6.07) is 0. The Morgan fingerprint density at radius 3 is 2.60 bits per heavy atom. The van der Waals surface area contributed by atoms with Crippen molar-refractivity contribution in [3.63, 3.8) is 0 Å². The van der Waals surface area contributed by atoms with Gasteiger partial charge in [-0.15, -0.1) is 0 Å². The number of rotatable bonds is 5. The lowest BCUT2D eigenvalue weighted by atomic mass is 10.0. The van der Waals surface area contributed by atoms with E-state index >= 15 is 0 Å². The summed E-state index contributed by atoms with van der Waals surface area (Å²) in [4.78, 5) is 0. The lowest BCUT2D eigenvalue weighted by molar-refractivity contribution is 0.0873. The van der Waals surface area contributed by atoms with Gasteiger partial charge in [-0.2, -0.15) is 0 Å². The fraction of sp³-hybridized carbons (Fsp3) is 1.00. The minimum absolute atomic E-state index is 0.216. The summed E-state index contributed by atoms with van der Waals surface area (Å²) >= 11 is 1.35. The molecule has 0 rings (SSSR count). The van der Waals surface area contributed by atoms with E-state index < -0.39 is 0 Å². The molecule has 3 heteroatoms. The van der Waals surface area contributed by atoms with Crippen LogP contribution in [0.1, 0.15) is 20.3 Å². The van der Waals surface area contributed by atoms with E-state index in [2.05, 4.69) is 0 Å². The molecule has 1 N–H and O–H groups in total. The summed E-state index contributed by atoms with van der Waals surface area (Å²) in [5.74, 6) is 0.248. The van der Waals surface area contributed by atoms with Crippen LogP contribution in [-0.4, -0.2) is 24.1 Å². The van der Waals surface area contributed by atoms with E-state index in [4.69, 9.17) is 4.18 Å². The Kier molecular flexibility index (Phi) is 6.17. The first kappa shape index (κ1) is 10.3. The SMILES string of the molecule is CCC(O)C(C)COSC. The number of hydrogen-bond acceptors (Lipinski definition) is 3. The van der Waals surface area contributed by atoms with Crippen molar-refractivity contribution >= 4 is 12.0 Å². The van der Waals surface area contributed by atoms with Crippen LogP contribution in [0.5, 0.6) is 0 Å². The molecule has 0 amide bonds. The second-order valence-electron chi connectivity index (χ2n) is 2.40. The summed E-state index contributed by atoms with van der Waals surface area (Å²) in [5, 5.41) is 9.26. The molecule has 0 aromatic heterocycles. The van der Waals surface area contributed by atoms with E-state index in [0.717, 1.165) is 6.42 Å². The van der Waals surface area contributed by atoms with Gasteiger partial charge in [0, 0.05) is 12.2 Å². The van der Waals surface area contributed by atoms with Crippen LogP contribution in [0.4, 0.5) is 0 Å². The first-order valence-electron chi connectivity index (χ1n) is 3.56. The fourth-order valence-corrected chi connectivity index (χ4v) is 1.04. The van der Waals surface area contributed by atoms with Crippen molar-refractivity contribution in [2.75, 3.05) is 12.9 Å². The highest BCUT2D eigenvalue weighted by atomic mass is 32.2. The predicted molar refractivity (Wildman–Crippen MR) is 44.9 cm³/mol. The quantitative estimate of drug-likeness (QED) is 0.627. The molecule has 0 bridgehead atoms. The van der Waals surface area contributed by atoms with Gasteiger partial charge in [0.2, 0.25) is 0 Å². The van der Waals surface area contributed by atoms with Crippen molar-refractivity contribution in [1.29, 1.82) is 0 Å². The van der Waals surface area contributed by atoms with Gasteiger partial charge in [-0.25, -0.2) is 0 Å². The first-order chi connectivity index (χ1) is 4.72. The highest BCUT2D eigenvalue weighted by Crippen LogP contribution is 2.09. The molecule has 0 saturated heterocycles. The van der Waals surface area contributed by atoms with Gasteiger partial charge in [-0.1, -0.05) is 13.8 Å². The minimum atomic E-state index is -0.216. The molecule has 0 heterocycles. The third-order valence-electron chi connectivity index (χ3n) is 1.52. The van der Waals surface area contributed by atoms with Crippen LogP contribution in [-0.2, 0) is 4.18 Å². The highest BCUT2D eigenvalue weighted by Gasteiger charge is 2.11. The van der Waals surface area contributed by atoms with Crippen LogP contribution in [0.15, 0.2) is 0 Å². The largest absolute Gasteiger partial charge is 0.393 e. The van der Waals surface area contributed by atoms with E-state index in [0.29, 0.717) is 6.61 Å². The third-order valence-corrected chi connectivity index (χ3v) is 1.90. The molecule has 0 fully saturated rings. The molecule has 2 unspecified atom stereocenters. The molecule has 0 aliphatic heterocycles. The smallest absolute Gasteiger partial charge is 0.0663 e. The van der Waals surface area contributed by atoms with E-state index in [1.54, 1.807) is 0 Å². The molecule has 0 aliphatic carbocycles. The van der Waals surface area contributed by atoms with Crippen LogP contribution in [0.2, 0.25) is 0 Å². The molecule has 10 heavy (non-hydrogen) atoms. The van der Waals surface area contributed by atoms with Crippen molar-refractivity contribution in [2.24, 2.45) is 5.92 Å². The summed E-state index contributed by atoms with van der Waals surface area (Å²) in [6.45, 7) is 4.60. The zero-order chi connectivity index (χ0) is 7.98. The van der Waals surface area contributed by atoms with Gasteiger partial charge in [0.1, 0.15) is 0 Å². The maximum atomic E-state index is 9.26. The van der Waals surface area contributed by atoms with Crippen molar-refractivity contribution in [1.82, 2.24) is 0 Å². The van der Waals surface area contributed by atoms with E-state index in [1.807, 2.05) is 20.1 Å². The Morgan fingerprint density at radius 1 is 1.60 bits per heavy atom. The zero-order valence-corrected chi connectivity index (χ0v) is 7.65. The Hall–Kier alpha value is 0.270. The maximum absolute atomic E-state index is 9.26. The first-order valence-corrected chi connectivity index (χ1v) is 4.71. The monoisotopic (exact) mass is 164 g/mol. The summed E-state index contributed by atoms with van der Waals surface area (Å²) in [6.07, 6.45) is 2.47. The summed E-state index contributed by atoms with van der Waals surface area (Å²) in [5.41, 5.74) is 0. The lowest BCUT2D eigenvalue weighted by Crippen LogP contribution is -2.20. The van der Waals surface area contributed by atoms with Gasteiger partial charge in [0.25, 0.3) is 0 Å². The van der Waals surface area contributed by atoms with Gasteiger partial charge in [-0.05, 0) is 18.5 Å². The van der Waals surface area contributed by atoms with Crippen LogP contribution in [0, 0.1) is 5.92 Å².